The van der Waals surface area contributed by atoms with Gasteiger partial charge in [0.2, 0.25) is 0 Å². The van der Waals surface area contributed by atoms with Crippen molar-refractivity contribution < 1.29 is 24.6 Å². The van der Waals surface area contributed by atoms with Gasteiger partial charge in [0.05, 0.1) is 11.6 Å². The summed E-state index contributed by atoms with van der Waals surface area (Å²) in [5, 5.41) is 30.0. The van der Waals surface area contributed by atoms with Crippen molar-refractivity contribution in [3.63, 3.8) is 0 Å². The summed E-state index contributed by atoms with van der Waals surface area (Å²) < 4.78 is 6.07. The van der Waals surface area contributed by atoms with Crippen molar-refractivity contribution in [2.24, 2.45) is 0 Å². The maximum Gasteiger partial charge on any atom is 0.412 e. The number of anilines is 1. The number of hydrogen-bond donors (Lipinski definition) is 4. The second kappa shape index (κ2) is 10.1. The molecular weight excluding hydrogens is 430 g/mol. The van der Waals surface area contributed by atoms with E-state index in [0.29, 0.717) is 21.3 Å². The first kappa shape index (κ1) is 21.0. The topological polar surface area (TPSA) is 132 Å². The van der Waals surface area contributed by atoms with Crippen LogP contribution in [0.1, 0.15) is 23.7 Å². The number of ether oxygens (including phenoxy) is 1. The molecule has 0 spiro atoms. The number of halogens is 1. The lowest BCUT2D eigenvalue weighted by Gasteiger charge is -2.19. The monoisotopic (exact) mass is 445 g/mol. The summed E-state index contributed by atoms with van der Waals surface area (Å²) >= 11 is 3.29. The molecule has 2 amide bonds. The molecule has 0 saturated heterocycles. The van der Waals surface area contributed by atoms with Crippen LogP contribution in [0.2, 0.25) is 0 Å². The minimum absolute atomic E-state index is 0.0677. The van der Waals surface area contributed by atoms with Gasteiger partial charge in [-0.2, -0.15) is 5.26 Å². The lowest BCUT2D eigenvalue weighted by Crippen LogP contribution is -2.18. The number of amides is 2. The molecule has 0 saturated carbocycles. The third kappa shape index (κ3) is 6.12. The largest absolute Gasteiger partial charge is 0.508 e. The molecule has 0 radical (unpaired) electrons. The van der Waals surface area contributed by atoms with Crippen molar-refractivity contribution in [2.75, 3.05) is 5.32 Å². The maximum atomic E-state index is 12.3. The second-order valence-electron chi connectivity index (χ2n) is 5.53. The smallest absolute Gasteiger partial charge is 0.412 e. The summed E-state index contributed by atoms with van der Waals surface area (Å²) in [5.41, 5.74) is 2.66. The molecule has 8 nitrogen and oxygen atoms in total. The van der Waals surface area contributed by atoms with Crippen LogP contribution in [0.15, 0.2) is 59.1 Å². The molecule has 2 aromatic carbocycles. The zero-order valence-electron chi connectivity index (χ0n) is 14.4. The predicted octanol–water partition coefficient (Wildman–Crippen LogP) is 3.77. The Morgan fingerprint density at radius 3 is 2.61 bits per heavy atom. The zero-order valence-corrected chi connectivity index (χ0v) is 16.0. The molecule has 2 rings (SSSR count). The summed E-state index contributed by atoms with van der Waals surface area (Å²) in [5.74, 6) is -0.821. The van der Waals surface area contributed by atoms with E-state index in [4.69, 9.17) is 15.2 Å². The molecule has 4 N–H and O–H groups in total. The van der Waals surface area contributed by atoms with Gasteiger partial charge in [0.25, 0.3) is 5.91 Å². The molecule has 144 valence electrons. The van der Waals surface area contributed by atoms with E-state index in [1.165, 1.54) is 17.6 Å². The van der Waals surface area contributed by atoms with Gasteiger partial charge >= 0.3 is 6.09 Å². The van der Waals surface area contributed by atoms with Gasteiger partial charge in [-0.25, -0.2) is 10.3 Å². The quantitative estimate of drug-likeness (QED) is 0.304. The van der Waals surface area contributed by atoms with E-state index in [1.807, 2.05) is 6.07 Å². The Morgan fingerprint density at radius 1 is 1.25 bits per heavy atom. The number of benzene rings is 2. The normalized spacial score (nSPS) is 11.5. The molecule has 0 aromatic heterocycles. The van der Waals surface area contributed by atoms with Crippen molar-refractivity contribution in [3.05, 3.63) is 70.2 Å². The molecular formula is C19H16BrN3O5. The first-order valence-electron chi connectivity index (χ1n) is 7.99. The highest BCUT2D eigenvalue weighted by Gasteiger charge is 2.20. The predicted molar refractivity (Wildman–Crippen MR) is 103 cm³/mol. The number of aromatic hydroxyl groups is 1. The number of hydrogen-bond acceptors (Lipinski definition) is 6. The highest BCUT2D eigenvalue weighted by atomic mass is 79.9. The molecule has 2 aromatic rings. The summed E-state index contributed by atoms with van der Waals surface area (Å²) in [4.78, 5) is 23.4. The lowest BCUT2D eigenvalue weighted by atomic mass is 10.0. The number of carbonyl (C=O) groups is 2. The molecule has 9 heteroatoms. The second-order valence-corrected chi connectivity index (χ2v) is 6.44. The number of hydroxylamine groups is 1. The first-order chi connectivity index (χ1) is 13.4. The Labute approximate surface area is 169 Å². The number of nitrogens with one attached hydrogen (secondary N) is 2. The fourth-order valence-electron chi connectivity index (χ4n) is 2.26. The molecule has 0 aliphatic carbocycles. The minimum atomic E-state index is -0.904. The standard InChI is InChI=1S/C19H16BrN3O5/c20-13-6-9-16(24)15(10-13)17(2-1-3-18(25)23-27)28-19(26)22-14-7-4-12(11-21)5-8-14/h1,3-10,17,24,27H,2H2,(H,22,26)(H,23,25)/b3-1+/t17-/m0/s1. The highest BCUT2D eigenvalue weighted by Crippen LogP contribution is 2.32. The molecule has 0 aliphatic heterocycles. The van der Waals surface area contributed by atoms with Crippen molar-refractivity contribution in [3.8, 4) is 11.8 Å². The SMILES string of the molecule is N#Cc1ccc(NC(=O)O[C@@H](C/C=C/C(=O)NO)c2cc(Br)ccc2O)cc1. The van der Waals surface area contributed by atoms with Crippen molar-refractivity contribution in [2.45, 2.75) is 12.5 Å². The van der Waals surface area contributed by atoms with E-state index >= 15 is 0 Å². The Hall–Kier alpha value is -3.35. The van der Waals surface area contributed by atoms with Crippen LogP contribution < -0.4 is 10.8 Å². The van der Waals surface area contributed by atoms with E-state index in [1.54, 1.807) is 36.4 Å². The molecule has 1 atom stereocenters. The van der Waals surface area contributed by atoms with Gasteiger partial charge < -0.3 is 9.84 Å². The van der Waals surface area contributed by atoms with Gasteiger partial charge in [0.1, 0.15) is 11.9 Å². The molecule has 0 fully saturated rings. The zero-order chi connectivity index (χ0) is 20.5. The number of rotatable bonds is 6. The van der Waals surface area contributed by atoms with Crippen LogP contribution in [0.25, 0.3) is 0 Å². The number of carbonyl (C=O) groups excluding carboxylic acids is 2. The van der Waals surface area contributed by atoms with Crippen LogP contribution >= 0.6 is 15.9 Å². The van der Waals surface area contributed by atoms with Gasteiger partial charge in [-0.15, -0.1) is 0 Å². The Balaban J connectivity index is 2.16. The van der Waals surface area contributed by atoms with E-state index < -0.39 is 18.1 Å². The number of nitrogens with zero attached hydrogens (tertiary/aromatic N) is 1. The average Bonchev–Trinajstić information content (AvgIpc) is 2.69. The molecule has 0 bridgehead atoms. The van der Waals surface area contributed by atoms with Crippen molar-refractivity contribution >= 4 is 33.6 Å². The fraction of sp³-hybridized carbons (Fsp3) is 0.105. The Bertz CT molecular complexity index is 922. The van der Waals surface area contributed by atoms with E-state index in [-0.39, 0.29) is 12.2 Å². The van der Waals surface area contributed by atoms with Gasteiger partial charge in [-0.1, -0.05) is 22.0 Å². The van der Waals surface area contributed by atoms with Crippen LogP contribution in [0.4, 0.5) is 10.5 Å². The van der Waals surface area contributed by atoms with Gasteiger partial charge in [0, 0.05) is 28.2 Å². The third-order valence-electron chi connectivity index (χ3n) is 3.58. The number of nitriles is 1. The summed E-state index contributed by atoms with van der Waals surface area (Å²) in [7, 11) is 0. The van der Waals surface area contributed by atoms with E-state index in [2.05, 4.69) is 21.2 Å². The molecule has 28 heavy (non-hydrogen) atoms. The van der Waals surface area contributed by atoms with Crippen LogP contribution in [-0.4, -0.2) is 22.3 Å². The number of phenols is 1. The van der Waals surface area contributed by atoms with Gasteiger partial charge in [0.15, 0.2) is 0 Å². The van der Waals surface area contributed by atoms with Crippen LogP contribution in [0, 0.1) is 11.3 Å². The number of phenolic OH excluding ortho intramolecular Hbond substituents is 1. The minimum Gasteiger partial charge on any atom is -0.508 e. The van der Waals surface area contributed by atoms with Crippen LogP contribution in [0.5, 0.6) is 5.75 Å². The van der Waals surface area contributed by atoms with Gasteiger partial charge in [-0.3, -0.25) is 15.3 Å². The summed E-state index contributed by atoms with van der Waals surface area (Å²) in [6, 6.07) is 12.8. The maximum absolute atomic E-state index is 12.3. The van der Waals surface area contributed by atoms with Crippen LogP contribution in [-0.2, 0) is 9.53 Å². The van der Waals surface area contributed by atoms with E-state index in [0.717, 1.165) is 6.08 Å². The Morgan fingerprint density at radius 2 is 1.96 bits per heavy atom. The summed E-state index contributed by atoms with van der Waals surface area (Å²) in [6.07, 6.45) is 0.848. The van der Waals surface area contributed by atoms with Crippen LogP contribution in [0.3, 0.4) is 0 Å². The molecule has 0 aliphatic rings. The lowest BCUT2D eigenvalue weighted by molar-refractivity contribution is -0.124. The van der Waals surface area contributed by atoms with Crippen molar-refractivity contribution in [1.29, 1.82) is 5.26 Å². The third-order valence-corrected chi connectivity index (χ3v) is 4.07. The molecule has 0 heterocycles. The van der Waals surface area contributed by atoms with E-state index in [9.17, 15) is 14.7 Å². The Kier molecular flexibility index (Phi) is 7.56. The molecule has 0 unspecified atom stereocenters. The summed E-state index contributed by atoms with van der Waals surface area (Å²) in [6.45, 7) is 0. The van der Waals surface area contributed by atoms with Crippen molar-refractivity contribution in [1.82, 2.24) is 5.48 Å². The first-order valence-corrected chi connectivity index (χ1v) is 8.79. The average molecular weight is 446 g/mol. The van der Waals surface area contributed by atoms with Gasteiger partial charge in [-0.05, 0) is 42.5 Å². The fourth-order valence-corrected chi connectivity index (χ4v) is 2.64. The highest BCUT2D eigenvalue weighted by molar-refractivity contribution is 9.10.